The molecule has 1 aliphatic rings. The molecule has 0 bridgehead atoms. The quantitative estimate of drug-likeness (QED) is 0.884. The van der Waals surface area contributed by atoms with E-state index in [9.17, 15) is 4.79 Å². The number of benzene rings is 1. The SMILES string of the molecule is O=C(NCc1nnc2n1CCCCC2)c1cc(Br)ccc1Cl. The summed E-state index contributed by atoms with van der Waals surface area (Å²) in [6.45, 7) is 1.28. The van der Waals surface area contributed by atoms with Gasteiger partial charge >= 0.3 is 0 Å². The average Bonchev–Trinajstić information content (AvgIpc) is 2.74. The van der Waals surface area contributed by atoms with Crippen molar-refractivity contribution in [2.24, 2.45) is 0 Å². The van der Waals surface area contributed by atoms with Crippen LogP contribution in [0, 0.1) is 0 Å². The number of amides is 1. The highest BCUT2D eigenvalue weighted by atomic mass is 79.9. The van der Waals surface area contributed by atoms with Crippen molar-refractivity contribution >= 4 is 33.4 Å². The predicted molar refractivity (Wildman–Crippen MR) is 87.9 cm³/mol. The predicted octanol–water partition coefficient (Wildman–Crippen LogP) is 3.35. The van der Waals surface area contributed by atoms with Gasteiger partial charge in [0.1, 0.15) is 5.82 Å². The third-order valence-electron chi connectivity index (χ3n) is 3.77. The fourth-order valence-corrected chi connectivity index (χ4v) is 3.17. The molecule has 1 aromatic heterocycles. The molecular formula is C15H16BrClN4O. The van der Waals surface area contributed by atoms with E-state index in [0.29, 0.717) is 17.1 Å². The molecule has 0 saturated carbocycles. The van der Waals surface area contributed by atoms with Crippen LogP contribution in [0.15, 0.2) is 22.7 Å². The fraction of sp³-hybridized carbons (Fsp3) is 0.400. The molecule has 22 heavy (non-hydrogen) atoms. The average molecular weight is 384 g/mol. The highest BCUT2D eigenvalue weighted by Gasteiger charge is 2.16. The van der Waals surface area contributed by atoms with E-state index in [1.807, 2.05) is 0 Å². The minimum Gasteiger partial charge on any atom is -0.345 e. The number of halogens is 2. The van der Waals surface area contributed by atoms with E-state index < -0.39 is 0 Å². The number of nitrogens with one attached hydrogen (secondary N) is 1. The summed E-state index contributed by atoms with van der Waals surface area (Å²) in [7, 11) is 0. The van der Waals surface area contributed by atoms with Gasteiger partial charge in [0.2, 0.25) is 0 Å². The van der Waals surface area contributed by atoms with Gasteiger partial charge in [0.25, 0.3) is 5.91 Å². The van der Waals surface area contributed by atoms with Crippen molar-refractivity contribution in [2.75, 3.05) is 0 Å². The standard InChI is InChI=1S/C15H16BrClN4O/c16-10-5-6-12(17)11(8-10)15(22)18-9-14-20-19-13-4-2-1-3-7-21(13)14/h5-6,8H,1-4,7,9H2,(H,18,22). The van der Waals surface area contributed by atoms with Crippen molar-refractivity contribution in [3.63, 3.8) is 0 Å². The van der Waals surface area contributed by atoms with Crippen LogP contribution in [0.1, 0.15) is 41.3 Å². The van der Waals surface area contributed by atoms with Crippen molar-refractivity contribution in [3.8, 4) is 0 Å². The van der Waals surface area contributed by atoms with Crippen LogP contribution in [0.2, 0.25) is 5.02 Å². The molecule has 1 amide bonds. The second kappa shape index (κ2) is 6.79. The molecule has 0 saturated heterocycles. The molecule has 0 unspecified atom stereocenters. The van der Waals surface area contributed by atoms with Gasteiger partial charge < -0.3 is 9.88 Å². The summed E-state index contributed by atoms with van der Waals surface area (Å²) in [6, 6.07) is 5.21. The number of rotatable bonds is 3. The van der Waals surface area contributed by atoms with E-state index >= 15 is 0 Å². The second-order valence-electron chi connectivity index (χ2n) is 5.30. The first-order valence-corrected chi connectivity index (χ1v) is 8.46. The van der Waals surface area contributed by atoms with Crippen LogP contribution >= 0.6 is 27.5 Å². The van der Waals surface area contributed by atoms with Crippen LogP contribution in [0.3, 0.4) is 0 Å². The Morgan fingerprint density at radius 2 is 2.18 bits per heavy atom. The minimum atomic E-state index is -0.211. The van der Waals surface area contributed by atoms with Crippen LogP contribution in [-0.2, 0) is 19.5 Å². The summed E-state index contributed by atoms with van der Waals surface area (Å²) in [5.74, 6) is 1.61. The number of aryl methyl sites for hydroxylation is 1. The molecule has 2 heterocycles. The molecule has 0 atom stereocenters. The maximum atomic E-state index is 12.3. The lowest BCUT2D eigenvalue weighted by atomic mass is 10.2. The van der Waals surface area contributed by atoms with Gasteiger partial charge in [-0.1, -0.05) is 34.0 Å². The molecule has 0 spiro atoms. The molecule has 5 nitrogen and oxygen atoms in total. The molecule has 0 fully saturated rings. The van der Waals surface area contributed by atoms with Crippen molar-refractivity contribution in [1.29, 1.82) is 0 Å². The lowest BCUT2D eigenvalue weighted by Gasteiger charge is -2.09. The normalized spacial score (nSPS) is 14.3. The van der Waals surface area contributed by atoms with Crippen molar-refractivity contribution in [2.45, 2.75) is 38.8 Å². The highest BCUT2D eigenvalue weighted by molar-refractivity contribution is 9.10. The van der Waals surface area contributed by atoms with Gasteiger partial charge in [-0.2, -0.15) is 0 Å². The Bertz CT molecular complexity index is 701. The number of hydrogen-bond acceptors (Lipinski definition) is 3. The molecule has 1 aliphatic heterocycles. The first-order chi connectivity index (χ1) is 10.6. The Kier molecular flexibility index (Phi) is 4.78. The van der Waals surface area contributed by atoms with Crippen molar-refractivity contribution < 1.29 is 4.79 Å². The molecule has 2 aromatic rings. The highest BCUT2D eigenvalue weighted by Crippen LogP contribution is 2.21. The van der Waals surface area contributed by atoms with Gasteiger partial charge in [0.15, 0.2) is 5.82 Å². The van der Waals surface area contributed by atoms with Crippen LogP contribution in [0.25, 0.3) is 0 Å². The van der Waals surface area contributed by atoms with E-state index in [1.54, 1.807) is 18.2 Å². The van der Waals surface area contributed by atoms with Crippen LogP contribution < -0.4 is 5.32 Å². The number of hydrogen-bond donors (Lipinski definition) is 1. The number of aromatic nitrogens is 3. The Labute approximate surface area is 142 Å². The van der Waals surface area contributed by atoms with E-state index in [1.165, 1.54) is 6.42 Å². The van der Waals surface area contributed by atoms with Crippen LogP contribution in [-0.4, -0.2) is 20.7 Å². The Balaban J connectivity index is 1.71. The molecule has 1 N–H and O–H groups in total. The zero-order chi connectivity index (χ0) is 15.5. The molecular weight excluding hydrogens is 368 g/mol. The minimum absolute atomic E-state index is 0.211. The summed E-state index contributed by atoms with van der Waals surface area (Å²) < 4.78 is 2.94. The molecule has 116 valence electrons. The largest absolute Gasteiger partial charge is 0.345 e. The summed E-state index contributed by atoms with van der Waals surface area (Å²) in [6.07, 6.45) is 4.45. The number of nitrogens with zero attached hydrogens (tertiary/aromatic N) is 3. The Hall–Kier alpha value is -1.40. The van der Waals surface area contributed by atoms with Gasteiger partial charge in [-0.15, -0.1) is 10.2 Å². The summed E-state index contributed by atoms with van der Waals surface area (Å²) in [4.78, 5) is 12.3. The molecule has 0 radical (unpaired) electrons. The molecule has 3 rings (SSSR count). The number of fused-ring (bicyclic) bond motifs is 1. The third kappa shape index (κ3) is 3.33. The monoisotopic (exact) mass is 382 g/mol. The van der Waals surface area contributed by atoms with Gasteiger partial charge in [-0.25, -0.2) is 0 Å². The maximum absolute atomic E-state index is 12.3. The van der Waals surface area contributed by atoms with Gasteiger partial charge in [0, 0.05) is 17.4 Å². The summed E-state index contributed by atoms with van der Waals surface area (Å²) >= 11 is 9.42. The summed E-state index contributed by atoms with van der Waals surface area (Å²) in [5.41, 5.74) is 0.451. The van der Waals surface area contributed by atoms with E-state index in [-0.39, 0.29) is 5.91 Å². The topological polar surface area (TPSA) is 59.8 Å². The van der Waals surface area contributed by atoms with Gasteiger partial charge in [-0.3, -0.25) is 4.79 Å². The zero-order valence-corrected chi connectivity index (χ0v) is 14.3. The first kappa shape index (κ1) is 15.5. The van der Waals surface area contributed by atoms with Gasteiger partial charge in [0.05, 0.1) is 17.1 Å². The molecule has 1 aromatic carbocycles. The fourth-order valence-electron chi connectivity index (χ4n) is 2.60. The molecule has 7 heteroatoms. The smallest absolute Gasteiger partial charge is 0.253 e. The van der Waals surface area contributed by atoms with E-state index in [4.69, 9.17) is 11.6 Å². The number of carbonyl (C=O) groups is 1. The Morgan fingerprint density at radius 3 is 3.05 bits per heavy atom. The Morgan fingerprint density at radius 1 is 1.32 bits per heavy atom. The lowest BCUT2D eigenvalue weighted by Crippen LogP contribution is -2.25. The van der Waals surface area contributed by atoms with Crippen molar-refractivity contribution in [1.82, 2.24) is 20.1 Å². The van der Waals surface area contributed by atoms with Crippen LogP contribution in [0.4, 0.5) is 0 Å². The van der Waals surface area contributed by atoms with E-state index in [2.05, 4.69) is 36.0 Å². The maximum Gasteiger partial charge on any atom is 0.253 e. The number of carbonyl (C=O) groups excluding carboxylic acids is 1. The third-order valence-corrected chi connectivity index (χ3v) is 4.59. The second-order valence-corrected chi connectivity index (χ2v) is 6.62. The van der Waals surface area contributed by atoms with Crippen LogP contribution in [0.5, 0.6) is 0 Å². The van der Waals surface area contributed by atoms with E-state index in [0.717, 1.165) is 41.9 Å². The van der Waals surface area contributed by atoms with Crippen molar-refractivity contribution in [3.05, 3.63) is 44.9 Å². The molecule has 0 aliphatic carbocycles. The van der Waals surface area contributed by atoms with Gasteiger partial charge in [-0.05, 0) is 31.0 Å². The lowest BCUT2D eigenvalue weighted by molar-refractivity contribution is 0.0949. The zero-order valence-electron chi connectivity index (χ0n) is 12.0. The summed E-state index contributed by atoms with van der Waals surface area (Å²) in [5, 5.41) is 11.7. The first-order valence-electron chi connectivity index (χ1n) is 7.29.